The molecule has 7 aromatic rings. The van der Waals surface area contributed by atoms with E-state index in [1.165, 1.54) is 0 Å². The Bertz CT molecular complexity index is 2370. The Hall–Kier alpha value is -6.76. The number of hydrogen-bond donors (Lipinski definition) is 2. The van der Waals surface area contributed by atoms with E-state index >= 15 is 0 Å². The van der Waals surface area contributed by atoms with E-state index in [2.05, 4.69) is 27.5 Å². The number of rotatable bonds is 17. The molecule has 56 heavy (non-hydrogen) atoms. The number of amides is 1. The molecule has 2 atom stereocenters. The van der Waals surface area contributed by atoms with Gasteiger partial charge in [-0.15, -0.1) is 9.73 Å². The van der Waals surface area contributed by atoms with Crippen LogP contribution in [0.15, 0.2) is 109 Å². The standard InChI is InChI=1S/C43H45N7O6/c1-6-36(56-37-19-13-28(2)25-29(37)3)42(51)45-32-14-20-38(55-35-17-15-33(52-5)16-18-35)31(27-32)26-30(4)40-46-41-39(49-22-10-21-44-49)43(48-50(41)47-40)54-24-23-53-34-11-8-7-9-12-34/h7-22,25,27,30,36H,6,23-24,26H2,1-5H3,(H,45,51)(H,46,47). The smallest absolute Gasteiger partial charge is 0.265 e. The predicted octanol–water partition coefficient (Wildman–Crippen LogP) is 8.26. The minimum absolute atomic E-state index is 0.133. The van der Waals surface area contributed by atoms with Crippen molar-refractivity contribution in [3.8, 4) is 40.3 Å². The van der Waals surface area contributed by atoms with Crippen LogP contribution < -0.4 is 29.0 Å². The number of carbonyl (C=O) groups excluding carboxylic acids is 1. The van der Waals surface area contributed by atoms with Crippen LogP contribution in [0.5, 0.6) is 34.6 Å². The Balaban J connectivity index is 1.12. The summed E-state index contributed by atoms with van der Waals surface area (Å²) in [6, 6.07) is 30.4. The molecule has 2 N–H and O–H groups in total. The van der Waals surface area contributed by atoms with E-state index in [0.717, 1.165) is 28.2 Å². The second-order valence-corrected chi connectivity index (χ2v) is 13.4. The molecule has 0 aliphatic heterocycles. The van der Waals surface area contributed by atoms with Gasteiger partial charge < -0.3 is 29.0 Å². The van der Waals surface area contributed by atoms with Gasteiger partial charge in [-0.2, -0.15) is 5.10 Å². The van der Waals surface area contributed by atoms with Crippen molar-refractivity contribution in [3.05, 3.63) is 132 Å². The van der Waals surface area contributed by atoms with Crippen molar-refractivity contribution in [2.45, 2.75) is 52.6 Å². The summed E-state index contributed by atoms with van der Waals surface area (Å²) in [5.74, 6) is 4.15. The largest absolute Gasteiger partial charge is 0.497 e. The fourth-order valence-electron chi connectivity index (χ4n) is 6.28. The van der Waals surface area contributed by atoms with Crippen LogP contribution in [-0.4, -0.2) is 61.9 Å². The Kier molecular flexibility index (Phi) is 11.5. The number of benzene rings is 4. The normalized spacial score (nSPS) is 12.2. The van der Waals surface area contributed by atoms with Crippen LogP contribution in [0.4, 0.5) is 5.69 Å². The summed E-state index contributed by atoms with van der Waals surface area (Å²) >= 11 is 0. The molecule has 0 radical (unpaired) electrons. The van der Waals surface area contributed by atoms with Gasteiger partial charge in [0.05, 0.1) is 7.11 Å². The fourth-order valence-corrected chi connectivity index (χ4v) is 6.28. The van der Waals surface area contributed by atoms with Crippen LogP contribution in [0.3, 0.4) is 0 Å². The molecule has 1 amide bonds. The van der Waals surface area contributed by atoms with Gasteiger partial charge in [0, 0.05) is 24.0 Å². The third kappa shape index (κ3) is 8.78. The Morgan fingerprint density at radius 1 is 0.875 bits per heavy atom. The lowest BCUT2D eigenvalue weighted by atomic mass is 9.99. The van der Waals surface area contributed by atoms with E-state index in [4.69, 9.17) is 28.7 Å². The molecule has 2 unspecified atom stereocenters. The van der Waals surface area contributed by atoms with E-state index in [1.807, 2.05) is 124 Å². The number of methoxy groups -OCH3 is 1. The number of H-pyrrole nitrogens is 1. The molecule has 3 heterocycles. The first-order chi connectivity index (χ1) is 27.3. The lowest BCUT2D eigenvalue weighted by Gasteiger charge is -2.20. The number of para-hydroxylation sites is 1. The van der Waals surface area contributed by atoms with Crippen molar-refractivity contribution in [2.75, 3.05) is 25.6 Å². The second-order valence-electron chi connectivity index (χ2n) is 13.4. The molecular weight excluding hydrogens is 711 g/mol. The van der Waals surface area contributed by atoms with E-state index in [0.29, 0.717) is 65.4 Å². The van der Waals surface area contributed by atoms with E-state index in [1.54, 1.807) is 22.6 Å². The number of fused-ring (bicyclic) bond motifs is 1. The van der Waals surface area contributed by atoms with Gasteiger partial charge >= 0.3 is 0 Å². The molecule has 0 saturated heterocycles. The van der Waals surface area contributed by atoms with Crippen LogP contribution in [0.2, 0.25) is 0 Å². The van der Waals surface area contributed by atoms with Gasteiger partial charge in [-0.3, -0.25) is 9.89 Å². The molecule has 0 spiro atoms. The summed E-state index contributed by atoms with van der Waals surface area (Å²) < 4.78 is 33.1. The van der Waals surface area contributed by atoms with Crippen molar-refractivity contribution >= 4 is 17.2 Å². The maximum Gasteiger partial charge on any atom is 0.265 e. The zero-order valence-corrected chi connectivity index (χ0v) is 32.1. The first-order valence-electron chi connectivity index (χ1n) is 18.6. The van der Waals surface area contributed by atoms with Crippen LogP contribution >= 0.6 is 0 Å². The average Bonchev–Trinajstić information content (AvgIpc) is 3.96. The summed E-state index contributed by atoms with van der Waals surface area (Å²) in [5.41, 5.74) is 4.75. The van der Waals surface area contributed by atoms with Gasteiger partial charge in [-0.1, -0.05) is 49.7 Å². The number of carbonyl (C=O) groups is 1. The highest BCUT2D eigenvalue weighted by Gasteiger charge is 2.24. The lowest BCUT2D eigenvalue weighted by Crippen LogP contribution is -2.32. The Labute approximate surface area is 325 Å². The number of nitrogens with zero attached hydrogens (tertiary/aromatic N) is 5. The number of aromatic nitrogens is 6. The lowest BCUT2D eigenvalue weighted by molar-refractivity contribution is -0.122. The molecule has 13 heteroatoms. The minimum Gasteiger partial charge on any atom is -0.497 e. The first kappa shape index (κ1) is 37.6. The van der Waals surface area contributed by atoms with E-state index < -0.39 is 6.10 Å². The topological polar surface area (TPSA) is 139 Å². The van der Waals surface area contributed by atoms with Crippen LogP contribution in [-0.2, 0) is 11.2 Å². The maximum atomic E-state index is 13.6. The molecule has 288 valence electrons. The summed E-state index contributed by atoms with van der Waals surface area (Å²) in [6.07, 6.45) is 3.84. The number of hydrogen-bond acceptors (Lipinski definition) is 9. The quantitative estimate of drug-likeness (QED) is 0.0880. The second kappa shape index (κ2) is 17.1. The molecule has 0 aliphatic carbocycles. The monoisotopic (exact) mass is 755 g/mol. The van der Waals surface area contributed by atoms with Gasteiger partial charge in [-0.05, 0) is 105 Å². The highest BCUT2D eigenvalue weighted by Crippen LogP contribution is 2.34. The molecule has 13 nitrogen and oxygen atoms in total. The number of aromatic amines is 1. The molecule has 7 rings (SSSR count). The minimum atomic E-state index is -0.678. The third-order valence-electron chi connectivity index (χ3n) is 9.19. The number of nitrogens with one attached hydrogen (secondary N) is 2. The average molecular weight is 756 g/mol. The summed E-state index contributed by atoms with van der Waals surface area (Å²) in [6.45, 7) is 8.61. The highest BCUT2D eigenvalue weighted by atomic mass is 16.5. The van der Waals surface area contributed by atoms with Gasteiger partial charge in [-0.25, -0.2) is 9.67 Å². The zero-order valence-electron chi connectivity index (χ0n) is 32.1. The Morgan fingerprint density at radius 3 is 2.38 bits per heavy atom. The van der Waals surface area contributed by atoms with Gasteiger partial charge in [0.1, 0.15) is 47.8 Å². The zero-order chi connectivity index (χ0) is 39.0. The molecule has 0 bridgehead atoms. The van der Waals surface area contributed by atoms with Crippen molar-refractivity contribution in [1.29, 1.82) is 0 Å². The molecule has 0 saturated carbocycles. The van der Waals surface area contributed by atoms with E-state index in [-0.39, 0.29) is 18.4 Å². The first-order valence-corrected chi connectivity index (χ1v) is 18.6. The highest BCUT2D eigenvalue weighted by molar-refractivity contribution is 5.94. The van der Waals surface area contributed by atoms with Crippen molar-refractivity contribution < 1.29 is 28.5 Å². The molecule has 3 aromatic heterocycles. The molecule has 0 aliphatic rings. The van der Waals surface area contributed by atoms with Gasteiger partial charge in [0.25, 0.3) is 11.8 Å². The van der Waals surface area contributed by atoms with Gasteiger partial charge in [0.2, 0.25) is 5.65 Å². The number of anilines is 1. The van der Waals surface area contributed by atoms with E-state index in [9.17, 15) is 4.79 Å². The van der Waals surface area contributed by atoms with Crippen LogP contribution in [0.25, 0.3) is 11.3 Å². The summed E-state index contributed by atoms with van der Waals surface area (Å²) in [4.78, 5) is 18.5. The van der Waals surface area contributed by atoms with Crippen molar-refractivity contribution in [3.63, 3.8) is 0 Å². The summed E-state index contributed by atoms with van der Waals surface area (Å²) in [5, 5.41) is 15.5. The predicted molar refractivity (Wildman–Crippen MR) is 213 cm³/mol. The van der Waals surface area contributed by atoms with Crippen molar-refractivity contribution in [1.82, 2.24) is 29.6 Å². The molecular formula is C43H45N7O6. The number of aryl methyl sites for hydroxylation is 2. The molecule has 0 fully saturated rings. The van der Waals surface area contributed by atoms with Crippen LogP contribution in [0, 0.1) is 13.8 Å². The van der Waals surface area contributed by atoms with Crippen LogP contribution in [0.1, 0.15) is 48.7 Å². The SMILES string of the molecule is CCC(Oc1ccc(C)cc1C)C(=O)Nc1ccc(Oc2ccc(OC)cc2)c(CC(C)c2nc3c(-n4cccn4)c(OCCOc4ccccc4)nn3[nH]2)c1. The molecule has 4 aromatic carbocycles. The van der Waals surface area contributed by atoms with Crippen molar-refractivity contribution in [2.24, 2.45) is 0 Å². The van der Waals surface area contributed by atoms with Gasteiger partial charge in [0.15, 0.2) is 11.8 Å². The summed E-state index contributed by atoms with van der Waals surface area (Å²) in [7, 11) is 1.62. The Morgan fingerprint density at radius 2 is 1.64 bits per heavy atom. The third-order valence-corrected chi connectivity index (χ3v) is 9.19. The maximum absolute atomic E-state index is 13.6. The fraction of sp³-hybridized carbons (Fsp3) is 0.256. The number of ether oxygens (including phenoxy) is 5.